The summed E-state index contributed by atoms with van der Waals surface area (Å²) in [5.41, 5.74) is -0.731. The van der Waals surface area contributed by atoms with Crippen LogP contribution in [0.25, 0.3) is 0 Å². The number of nitrogens with zero attached hydrogens (tertiary/aromatic N) is 1. The summed E-state index contributed by atoms with van der Waals surface area (Å²) in [6.45, 7) is 0. The molecule has 0 aliphatic heterocycles. The normalized spacial score (nSPS) is 11.3. The molecule has 0 unspecified atom stereocenters. The van der Waals surface area contributed by atoms with E-state index in [1.165, 1.54) is 0 Å². The van der Waals surface area contributed by atoms with Crippen LogP contribution in [0.15, 0.2) is 18.2 Å². The summed E-state index contributed by atoms with van der Waals surface area (Å²) >= 11 is 9.89. The molecule has 0 spiro atoms. The zero-order valence-electron chi connectivity index (χ0n) is 7.46. The van der Waals surface area contributed by atoms with Gasteiger partial charge in [-0.3, -0.25) is 4.79 Å². The third kappa shape index (κ3) is 3.47. The van der Waals surface area contributed by atoms with Gasteiger partial charge in [-0.05, 0) is 12.1 Å². The molecule has 0 fully saturated rings. The van der Waals surface area contributed by atoms with Gasteiger partial charge in [-0.1, -0.05) is 29.3 Å². The highest BCUT2D eigenvalue weighted by molar-refractivity contribution is 8.04. The number of amides is 1. The van der Waals surface area contributed by atoms with Crippen LogP contribution in [-0.2, 0) is 4.79 Å². The Bertz CT molecular complexity index is 379. The van der Waals surface area contributed by atoms with Gasteiger partial charge in [-0.2, -0.15) is 4.39 Å². The van der Waals surface area contributed by atoms with Gasteiger partial charge in [0.05, 0.1) is 0 Å². The molecular formula is C8H4Cl2F3NOS. The molecule has 0 N–H and O–H groups in total. The Morgan fingerprint density at radius 2 is 1.81 bits per heavy atom. The third-order valence-electron chi connectivity index (χ3n) is 1.46. The second kappa shape index (κ2) is 5.16. The van der Waals surface area contributed by atoms with E-state index in [2.05, 4.69) is 0 Å². The molecule has 88 valence electrons. The molecule has 0 saturated heterocycles. The highest BCUT2D eigenvalue weighted by Crippen LogP contribution is 2.41. The Kier molecular flexibility index (Phi) is 4.35. The topological polar surface area (TPSA) is 20.3 Å². The molecule has 0 aromatic heterocycles. The smallest absolute Gasteiger partial charge is 0.277 e. The van der Waals surface area contributed by atoms with Crippen molar-refractivity contribution in [2.75, 3.05) is 4.31 Å². The molecule has 8 heteroatoms. The van der Waals surface area contributed by atoms with Crippen molar-refractivity contribution in [1.29, 1.82) is 0 Å². The lowest BCUT2D eigenvalue weighted by Gasteiger charge is -2.19. The largest absolute Gasteiger partial charge is 0.324 e. The number of hydrogen-bond donors (Lipinski definition) is 0. The van der Waals surface area contributed by atoms with Crippen LogP contribution in [0.4, 0.5) is 18.9 Å². The lowest BCUT2D eigenvalue weighted by molar-refractivity contribution is -0.106. The van der Waals surface area contributed by atoms with E-state index in [9.17, 15) is 18.0 Å². The average molecular weight is 290 g/mol. The molecule has 1 rings (SSSR count). The van der Waals surface area contributed by atoms with Crippen LogP contribution in [0.3, 0.4) is 0 Å². The Morgan fingerprint density at radius 1 is 1.31 bits per heavy atom. The van der Waals surface area contributed by atoms with E-state index in [0.717, 1.165) is 18.2 Å². The highest BCUT2D eigenvalue weighted by Gasteiger charge is 2.30. The van der Waals surface area contributed by atoms with Crippen LogP contribution in [0.5, 0.6) is 0 Å². The predicted molar refractivity (Wildman–Crippen MR) is 58.0 cm³/mol. The number of rotatable bonds is 4. The summed E-state index contributed by atoms with van der Waals surface area (Å²) in [5.74, 6) is -2.06. The van der Waals surface area contributed by atoms with Gasteiger partial charge in [0, 0.05) is 11.9 Å². The summed E-state index contributed by atoms with van der Waals surface area (Å²) in [6.07, 6.45) is 0.00521. The van der Waals surface area contributed by atoms with E-state index in [4.69, 9.17) is 23.2 Å². The van der Waals surface area contributed by atoms with E-state index < -0.39 is 21.2 Å². The van der Waals surface area contributed by atoms with Crippen molar-refractivity contribution in [3.05, 3.63) is 29.8 Å². The summed E-state index contributed by atoms with van der Waals surface area (Å²) in [6, 6.07) is 2.93. The lowest BCUT2D eigenvalue weighted by atomic mass is 10.3. The van der Waals surface area contributed by atoms with Crippen molar-refractivity contribution in [2.24, 2.45) is 0 Å². The van der Waals surface area contributed by atoms with E-state index in [0.29, 0.717) is 4.31 Å². The first-order valence-electron chi connectivity index (χ1n) is 3.79. The minimum absolute atomic E-state index is 0.00521. The number of carbonyl (C=O) groups excluding carboxylic acids is 1. The van der Waals surface area contributed by atoms with Crippen LogP contribution in [0.2, 0.25) is 0 Å². The molecule has 0 aliphatic rings. The number of hydrogen-bond acceptors (Lipinski definition) is 2. The van der Waals surface area contributed by atoms with E-state index in [1.54, 1.807) is 0 Å². The Labute approximate surface area is 103 Å². The number of benzene rings is 1. The van der Waals surface area contributed by atoms with Gasteiger partial charge < -0.3 is 0 Å². The minimum Gasteiger partial charge on any atom is -0.277 e. The summed E-state index contributed by atoms with van der Waals surface area (Å²) in [4.78, 5) is 10.6. The molecule has 1 aromatic rings. The molecule has 0 aliphatic carbocycles. The zero-order chi connectivity index (χ0) is 12.3. The SMILES string of the molecule is O=CN(SC(F)(Cl)Cl)c1c(F)cccc1F. The van der Waals surface area contributed by atoms with Crippen molar-refractivity contribution in [3.63, 3.8) is 0 Å². The molecule has 1 amide bonds. The molecule has 0 radical (unpaired) electrons. The van der Waals surface area contributed by atoms with Crippen molar-refractivity contribution in [1.82, 2.24) is 0 Å². The monoisotopic (exact) mass is 289 g/mol. The first-order valence-corrected chi connectivity index (χ1v) is 5.32. The van der Waals surface area contributed by atoms with E-state index >= 15 is 0 Å². The standard InChI is InChI=1S/C8H4Cl2F3NOS/c9-8(10,13)16-14(4-15)7-5(11)2-1-3-6(7)12/h1-4H. The Hall–Kier alpha value is -0.590. The maximum atomic E-state index is 13.2. The van der Waals surface area contributed by atoms with Crippen molar-refractivity contribution >= 4 is 47.2 Å². The first-order chi connectivity index (χ1) is 7.35. The van der Waals surface area contributed by atoms with Gasteiger partial charge in [-0.25, -0.2) is 13.1 Å². The number of alkyl halides is 3. The predicted octanol–water partition coefficient (Wildman–Crippen LogP) is 3.63. The van der Waals surface area contributed by atoms with E-state index in [-0.39, 0.29) is 18.4 Å². The summed E-state index contributed by atoms with van der Waals surface area (Å²) in [7, 11) is 0. The van der Waals surface area contributed by atoms with Crippen LogP contribution in [0.1, 0.15) is 0 Å². The summed E-state index contributed by atoms with van der Waals surface area (Å²) < 4.78 is 36.7. The molecular weight excluding hydrogens is 286 g/mol. The van der Waals surface area contributed by atoms with E-state index in [1.807, 2.05) is 0 Å². The maximum Gasteiger partial charge on any atom is 0.324 e. The van der Waals surface area contributed by atoms with Crippen LogP contribution < -0.4 is 4.31 Å². The molecule has 0 atom stereocenters. The van der Waals surface area contributed by atoms with Gasteiger partial charge in [0.25, 0.3) is 0 Å². The number of carbonyl (C=O) groups is 1. The highest BCUT2D eigenvalue weighted by atomic mass is 35.5. The fraction of sp³-hybridized carbons (Fsp3) is 0.125. The molecule has 1 aromatic carbocycles. The van der Waals surface area contributed by atoms with Gasteiger partial charge in [-0.15, -0.1) is 0 Å². The second-order valence-corrected chi connectivity index (χ2v) is 5.36. The van der Waals surface area contributed by atoms with Crippen molar-refractivity contribution < 1.29 is 18.0 Å². The fourth-order valence-electron chi connectivity index (χ4n) is 0.931. The number of anilines is 1. The molecule has 0 bridgehead atoms. The molecule has 16 heavy (non-hydrogen) atoms. The molecule has 0 saturated carbocycles. The zero-order valence-corrected chi connectivity index (χ0v) is 9.79. The molecule has 0 heterocycles. The maximum absolute atomic E-state index is 13.2. The molecule has 2 nitrogen and oxygen atoms in total. The van der Waals surface area contributed by atoms with Gasteiger partial charge in [0.15, 0.2) is 11.6 Å². The van der Waals surface area contributed by atoms with Crippen LogP contribution in [-0.4, -0.2) is 10.3 Å². The van der Waals surface area contributed by atoms with Gasteiger partial charge in [0.1, 0.15) is 5.69 Å². The van der Waals surface area contributed by atoms with Gasteiger partial charge >= 0.3 is 3.92 Å². The van der Waals surface area contributed by atoms with Crippen molar-refractivity contribution in [3.8, 4) is 0 Å². The fourth-order valence-corrected chi connectivity index (χ4v) is 1.91. The average Bonchev–Trinajstić information content (AvgIpc) is 2.14. The third-order valence-corrected chi connectivity index (χ3v) is 2.54. The number of halogens is 5. The lowest BCUT2D eigenvalue weighted by Crippen LogP contribution is -2.19. The first kappa shape index (κ1) is 13.5. The van der Waals surface area contributed by atoms with Crippen LogP contribution >= 0.6 is 35.1 Å². The Morgan fingerprint density at radius 3 is 2.19 bits per heavy atom. The van der Waals surface area contributed by atoms with Crippen LogP contribution in [0, 0.1) is 11.6 Å². The second-order valence-electron chi connectivity index (χ2n) is 2.54. The Balaban J connectivity index is 3.09. The summed E-state index contributed by atoms with van der Waals surface area (Å²) in [5, 5.41) is 0. The quantitative estimate of drug-likeness (QED) is 0.479. The number of para-hydroxylation sites is 1. The van der Waals surface area contributed by atoms with Gasteiger partial charge in [0.2, 0.25) is 6.41 Å². The van der Waals surface area contributed by atoms with Crippen molar-refractivity contribution in [2.45, 2.75) is 3.92 Å². The minimum atomic E-state index is -2.87.